The van der Waals surface area contributed by atoms with Gasteiger partial charge in [0.2, 0.25) is 0 Å². The lowest BCUT2D eigenvalue weighted by atomic mass is 10.1. The Morgan fingerprint density at radius 3 is 0.886 bits per heavy atom. The van der Waals surface area contributed by atoms with E-state index in [9.17, 15) is 4.55 Å². The van der Waals surface area contributed by atoms with Crippen LogP contribution in [0.25, 0.3) is 89.7 Å². The number of fused-ring (bicyclic) bond motifs is 20. The predicted octanol–water partition coefficient (Wildman–Crippen LogP) is 6.86. The number of aromatic nitrogens is 8. The monoisotopic (exact) mass is 592 g/mol. The number of nitrogens with zero attached hydrogens (tertiary/aromatic N) is 6. The molecule has 2 aliphatic heterocycles. The van der Waals surface area contributed by atoms with Crippen molar-refractivity contribution in [3.63, 3.8) is 0 Å². The Labute approximate surface area is 254 Å². The van der Waals surface area contributed by atoms with Crippen molar-refractivity contribution in [3.05, 3.63) is 97.1 Å². The van der Waals surface area contributed by atoms with Crippen molar-refractivity contribution in [1.82, 2.24) is 39.9 Å². The molecular formula is C34H24N8OS. The molecule has 0 spiro atoms. The highest BCUT2D eigenvalue weighted by Crippen LogP contribution is 2.36. The summed E-state index contributed by atoms with van der Waals surface area (Å²) in [4.78, 5) is 36.8. The molecule has 4 aromatic carbocycles. The van der Waals surface area contributed by atoms with E-state index in [2.05, 4.69) is 9.97 Å². The molecule has 9 nitrogen and oxygen atoms in total. The first-order chi connectivity index (χ1) is 21.5. The molecule has 0 fully saturated rings. The molecule has 5 heterocycles. The Morgan fingerprint density at radius 2 is 0.636 bits per heavy atom. The molecule has 2 N–H and O–H groups in total. The maximum Gasteiger partial charge on any atom is 0.164 e. The molecule has 0 aliphatic carbocycles. The van der Waals surface area contributed by atoms with Gasteiger partial charge in [0.05, 0.1) is 12.5 Å². The summed E-state index contributed by atoms with van der Waals surface area (Å²) < 4.78 is 9.56. The van der Waals surface area contributed by atoms with Gasteiger partial charge in [-0.05, 0) is 0 Å². The van der Waals surface area contributed by atoms with E-state index in [0.29, 0.717) is 45.9 Å². The second-order valence-corrected chi connectivity index (χ2v) is 12.0. The van der Waals surface area contributed by atoms with Crippen molar-refractivity contribution in [2.45, 2.75) is 0 Å². The first kappa shape index (κ1) is 26.2. The van der Waals surface area contributed by atoms with Crippen molar-refractivity contribution in [1.29, 1.82) is 0 Å². The minimum atomic E-state index is -0.611. The number of H-pyrrole nitrogens is 2. The standard InChI is InChI=1S/C32H18N8.C2H6OS/c1-2-10-18-17(9-1)25-33-26(18)38-28-21-13-5-6-14-22(21)30(35-28)40-32-24-16-8-7-15-23(24)31(36-32)39-29-20-12-4-3-11-19(20)27(34-29)37-25;1-4(2)3/h1-16H,(H2,33,34,35,36,37,38,39,40);1-2H3. The van der Waals surface area contributed by atoms with Gasteiger partial charge in [0, 0.05) is 43.8 Å². The smallest absolute Gasteiger partial charge is 0.164 e. The van der Waals surface area contributed by atoms with E-state index in [1.807, 2.05) is 97.1 Å². The third-order valence-corrected chi connectivity index (χ3v) is 7.46. The molecule has 7 aromatic rings. The van der Waals surface area contributed by atoms with Crippen molar-refractivity contribution in [2.75, 3.05) is 12.5 Å². The van der Waals surface area contributed by atoms with E-state index in [1.54, 1.807) is 12.5 Å². The fourth-order valence-corrected chi connectivity index (χ4v) is 5.59. The molecule has 0 amide bonds. The van der Waals surface area contributed by atoms with Crippen LogP contribution in [0.15, 0.2) is 97.1 Å². The van der Waals surface area contributed by atoms with Crippen molar-refractivity contribution >= 4 is 55.3 Å². The normalized spacial score (nSPS) is 11.7. The third-order valence-electron chi connectivity index (χ3n) is 7.46. The first-order valence-electron chi connectivity index (χ1n) is 14.0. The third kappa shape index (κ3) is 4.39. The molecule has 2 aliphatic rings. The van der Waals surface area contributed by atoms with Gasteiger partial charge in [-0.15, -0.1) is 0 Å². The van der Waals surface area contributed by atoms with Crippen LogP contribution >= 0.6 is 0 Å². The maximum absolute atomic E-state index is 9.56. The lowest BCUT2D eigenvalue weighted by Crippen LogP contribution is -1.86. The lowest BCUT2D eigenvalue weighted by molar-refractivity contribution is 0.606. The minimum absolute atomic E-state index is 0.597. The van der Waals surface area contributed by atoms with E-state index < -0.39 is 11.2 Å². The van der Waals surface area contributed by atoms with Gasteiger partial charge in [-0.3, -0.25) is 0 Å². The van der Waals surface area contributed by atoms with Crippen molar-refractivity contribution < 1.29 is 4.55 Å². The zero-order valence-electron chi connectivity index (χ0n) is 23.7. The van der Waals surface area contributed by atoms with Gasteiger partial charge in [0.1, 0.15) is 22.6 Å². The molecule has 8 bridgehead atoms. The summed E-state index contributed by atoms with van der Waals surface area (Å²) in [6.07, 6.45) is 3.28. The zero-order valence-corrected chi connectivity index (χ0v) is 24.6. The van der Waals surface area contributed by atoms with Gasteiger partial charge >= 0.3 is 0 Å². The number of aromatic amines is 2. The average Bonchev–Trinajstić information content (AvgIpc) is 3.76. The lowest BCUT2D eigenvalue weighted by Gasteiger charge is -1.96. The number of benzene rings is 4. The van der Waals surface area contributed by atoms with E-state index in [0.717, 1.165) is 43.8 Å². The predicted molar refractivity (Wildman–Crippen MR) is 176 cm³/mol. The van der Waals surface area contributed by atoms with Crippen LogP contribution in [0.2, 0.25) is 0 Å². The summed E-state index contributed by atoms with van der Waals surface area (Å²) in [6, 6.07) is 32.2. The summed E-state index contributed by atoms with van der Waals surface area (Å²) in [6.45, 7) is 0. The Kier molecular flexibility index (Phi) is 6.17. The SMILES string of the molecule is C[S+](C)[O-].c1ccc2c(c1)-c1nc-2nc2[nH]c(nc3nc(nc4[nH]c(n1)c1ccccc41)-c1ccccc1-3)c1ccccc21. The largest absolute Gasteiger partial charge is 0.617 e. The van der Waals surface area contributed by atoms with E-state index in [-0.39, 0.29) is 0 Å². The number of rotatable bonds is 0. The van der Waals surface area contributed by atoms with Crippen LogP contribution in [-0.4, -0.2) is 56.9 Å². The van der Waals surface area contributed by atoms with Gasteiger partial charge in [-0.2, -0.15) is 0 Å². The first-order valence-corrected chi connectivity index (χ1v) is 15.9. The molecule has 9 rings (SSSR count). The minimum Gasteiger partial charge on any atom is -0.617 e. The van der Waals surface area contributed by atoms with Crippen LogP contribution in [0.3, 0.4) is 0 Å². The number of hydrogen-bond acceptors (Lipinski definition) is 7. The van der Waals surface area contributed by atoms with Crippen LogP contribution < -0.4 is 0 Å². The topological polar surface area (TPSA) is 132 Å². The molecule has 0 unspecified atom stereocenters. The van der Waals surface area contributed by atoms with Crippen molar-refractivity contribution in [3.8, 4) is 45.6 Å². The van der Waals surface area contributed by atoms with Crippen LogP contribution in [-0.2, 0) is 11.2 Å². The Bertz CT molecular complexity index is 2090. The molecule has 0 atom stereocenters. The van der Waals surface area contributed by atoms with Gasteiger partial charge in [0.15, 0.2) is 23.3 Å². The quantitative estimate of drug-likeness (QED) is 0.184. The van der Waals surface area contributed by atoms with Crippen LogP contribution in [0.5, 0.6) is 0 Å². The zero-order chi connectivity index (χ0) is 29.8. The molecule has 0 radical (unpaired) electrons. The average molecular weight is 593 g/mol. The van der Waals surface area contributed by atoms with Gasteiger partial charge in [-0.25, -0.2) is 29.9 Å². The molecule has 44 heavy (non-hydrogen) atoms. The highest BCUT2D eigenvalue weighted by atomic mass is 32.2. The van der Waals surface area contributed by atoms with E-state index in [4.69, 9.17) is 29.9 Å². The summed E-state index contributed by atoms with van der Waals surface area (Å²) in [5.41, 5.74) is 6.45. The summed E-state index contributed by atoms with van der Waals surface area (Å²) in [5, 5.41) is 3.82. The number of hydrogen-bond donors (Lipinski definition) is 2. The molecule has 10 heteroatoms. The fraction of sp³-hybridized carbons (Fsp3) is 0.0588. The Morgan fingerprint density at radius 1 is 0.409 bits per heavy atom. The fourth-order valence-electron chi connectivity index (χ4n) is 5.59. The highest BCUT2D eigenvalue weighted by Gasteiger charge is 2.21. The van der Waals surface area contributed by atoms with Gasteiger partial charge in [0.25, 0.3) is 0 Å². The van der Waals surface area contributed by atoms with Gasteiger partial charge < -0.3 is 14.5 Å². The highest BCUT2D eigenvalue weighted by molar-refractivity contribution is 7.89. The maximum atomic E-state index is 9.56. The number of nitrogens with one attached hydrogen (secondary N) is 2. The Hall–Kier alpha value is -5.45. The molecular weight excluding hydrogens is 568 g/mol. The molecule has 212 valence electrons. The summed E-state index contributed by atoms with van der Waals surface area (Å²) >= 11 is -0.611. The van der Waals surface area contributed by atoms with E-state index >= 15 is 0 Å². The molecule has 3 aromatic heterocycles. The summed E-state index contributed by atoms with van der Waals surface area (Å²) in [5.74, 6) is 2.39. The van der Waals surface area contributed by atoms with Crippen LogP contribution in [0.4, 0.5) is 0 Å². The summed E-state index contributed by atoms with van der Waals surface area (Å²) in [7, 11) is 0. The van der Waals surface area contributed by atoms with Crippen molar-refractivity contribution in [2.24, 2.45) is 0 Å². The van der Waals surface area contributed by atoms with Crippen LogP contribution in [0.1, 0.15) is 0 Å². The van der Waals surface area contributed by atoms with Crippen LogP contribution in [0, 0.1) is 0 Å². The van der Waals surface area contributed by atoms with E-state index in [1.165, 1.54) is 0 Å². The second-order valence-electron chi connectivity index (χ2n) is 10.5. The van der Waals surface area contributed by atoms with Gasteiger partial charge in [-0.1, -0.05) is 108 Å². The Balaban J connectivity index is 0.000000684. The second kappa shape index (κ2) is 10.4. The molecule has 0 saturated carbocycles. The molecule has 0 saturated heterocycles.